The molecule has 2 rings (SSSR count). The highest BCUT2D eigenvalue weighted by molar-refractivity contribution is 6.34. The molecule has 20 heavy (non-hydrogen) atoms. The predicted octanol–water partition coefficient (Wildman–Crippen LogP) is 2.28. The summed E-state index contributed by atoms with van der Waals surface area (Å²) in [6.07, 6.45) is 3.35. The number of halogens is 1. The fourth-order valence-electron chi connectivity index (χ4n) is 2.48. The first-order chi connectivity index (χ1) is 9.47. The molecule has 7 heteroatoms. The molecule has 1 aromatic rings. The van der Waals surface area contributed by atoms with Crippen LogP contribution in [0.4, 0.5) is 5.69 Å². The van der Waals surface area contributed by atoms with Gasteiger partial charge in [0.25, 0.3) is 11.6 Å². The largest absolute Gasteiger partial charge is 0.394 e. The van der Waals surface area contributed by atoms with Crippen molar-refractivity contribution in [1.82, 2.24) is 5.32 Å². The number of aliphatic hydroxyl groups excluding tert-OH is 1. The lowest BCUT2D eigenvalue weighted by Crippen LogP contribution is -2.49. The number of carbonyl (C=O) groups excluding carboxylic acids is 1. The van der Waals surface area contributed by atoms with Crippen LogP contribution in [0, 0.1) is 10.1 Å². The Balaban J connectivity index is 2.19. The molecule has 1 aliphatic rings. The van der Waals surface area contributed by atoms with E-state index < -0.39 is 16.4 Å². The summed E-state index contributed by atoms with van der Waals surface area (Å²) in [5.74, 6) is -0.416. The first-order valence-corrected chi connectivity index (χ1v) is 6.72. The molecule has 0 radical (unpaired) electrons. The monoisotopic (exact) mass is 298 g/mol. The maximum absolute atomic E-state index is 12.2. The van der Waals surface area contributed by atoms with Crippen molar-refractivity contribution in [2.75, 3.05) is 6.61 Å². The van der Waals surface area contributed by atoms with Crippen molar-refractivity contribution < 1.29 is 14.8 Å². The van der Waals surface area contributed by atoms with Gasteiger partial charge in [-0.3, -0.25) is 14.9 Å². The third-order valence-corrected chi connectivity index (χ3v) is 3.96. The normalized spacial score (nSPS) is 16.9. The van der Waals surface area contributed by atoms with Gasteiger partial charge in [0, 0.05) is 12.1 Å². The second-order valence-corrected chi connectivity index (χ2v) is 5.43. The summed E-state index contributed by atoms with van der Waals surface area (Å²) in [4.78, 5) is 22.2. The molecule has 0 spiro atoms. The lowest BCUT2D eigenvalue weighted by molar-refractivity contribution is -0.384. The Kier molecular flexibility index (Phi) is 4.25. The van der Waals surface area contributed by atoms with Crippen molar-refractivity contribution >= 4 is 23.2 Å². The number of nitrogens with one attached hydrogen (secondary N) is 1. The van der Waals surface area contributed by atoms with E-state index in [-0.39, 0.29) is 22.9 Å². The number of amides is 1. The number of hydrogen-bond acceptors (Lipinski definition) is 4. The number of non-ortho nitro benzene ring substituents is 1. The molecule has 1 amide bonds. The smallest absolute Gasteiger partial charge is 0.270 e. The van der Waals surface area contributed by atoms with E-state index in [1.807, 2.05) is 0 Å². The molecule has 1 fully saturated rings. The van der Waals surface area contributed by atoms with Gasteiger partial charge < -0.3 is 10.4 Å². The molecule has 0 aliphatic heterocycles. The molecule has 6 nitrogen and oxygen atoms in total. The minimum Gasteiger partial charge on any atom is -0.394 e. The molecular formula is C13H15ClN2O4. The number of aliphatic hydroxyl groups is 1. The number of benzene rings is 1. The van der Waals surface area contributed by atoms with E-state index in [0.717, 1.165) is 31.7 Å². The van der Waals surface area contributed by atoms with Crippen LogP contribution in [0.15, 0.2) is 18.2 Å². The Labute approximate surface area is 120 Å². The molecule has 0 unspecified atom stereocenters. The fourth-order valence-corrected chi connectivity index (χ4v) is 2.74. The van der Waals surface area contributed by atoms with Gasteiger partial charge >= 0.3 is 0 Å². The van der Waals surface area contributed by atoms with Gasteiger partial charge in [-0.2, -0.15) is 0 Å². The second-order valence-electron chi connectivity index (χ2n) is 5.02. The maximum Gasteiger partial charge on any atom is 0.270 e. The van der Waals surface area contributed by atoms with E-state index in [1.165, 1.54) is 12.1 Å². The van der Waals surface area contributed by atoms with Gasteiger partial charge in [0.15, 0.2) is 0 Å². The highest BCUT2D eigenvalue weighted by atomic mass is 35.5. The van der Waals surface area contributed by atoms with E-state index in [2.05, 4.69) is 5.32 Å². The molecule has 1 aliphatic carbocycles. The van der Waals surface area contributed by atoms with Crippen molar-refractivity contribution in [3.05, 3.63) is 38.9 Å². The van der Waals surface area contributed by atoms with Crippen molar-refractivity contribution in [1.29, 1.82) is 0 Å². The van der Waals surface area contributed by atoms with Gasteiger partial charge in [0.1, 0.15) is 0 Å². The zero-order valence-electron chi connectivity index (χ0n) is 10.8. The van der Waals surface area contributed by atoms with Crippen LogP contribution in [0.25, 0.3) is 0 Å². The number of nitro benzene ring substituents is 1. The van der Waals surface area contributed by atoms with Gasteiger partial charge in [-0.25, -0.2) is 0 Å². The number of nitro groups is 1. The standard InChI is InChI=1S/C13H15ClN2O4/c14-11-7-9(16(19)20)3-4-10(11)12(18)15-13(8-17)5-1-2-6-13/h3-4,7,17H,1-2,5-6,8H2,(H,15,18). The third-order valence-electron chi connectivity index (χ3n) is 3.65. The molecule has 0 saturated heterocycles. The van der Waals surface area contributed by atoms with E-state index in [1.54, 1.807) is 0 Å². The number of nitrogens with zero attached hydrogens (tertiary/aromatic N) is 1. The minimum atomic E-state index is -0.595. The Morgan fingerprint density at radius 2 is 2.10 bits per heavy atom. The van der Waals surface area contributed by atoms with Crippen LogP contribution in [0.3, 0.4) is 0 Å². The Morgan fingerprint density at radius 3 is 2.60 bits per heavy atom. The second kappa shape index (κ2) is 5.76. The summed E-state index contributed by atoms with van der Waals surface area (Å²) < 4.78 is 0. The highest BCUT2D eigenvalue weighted by Gasteiger charge is 2.35. The van der Waals surface area contributed by atoms with Gasteiger partial charge in [0.2, 0.25) is 0 Å². The van der Waals surface area contributed by atoms with Crippen LogP contribution in [0.2, 0.25) is 5.02 Å². The average Bonchev–Trinajstić information content (AvgIpc) is 2.87. The van der Waals surface area contributed by atoms with Crippen LogP contribution in [-0.2, 0) is 0 Å². The maximum atomic E-state index is 12.2. The van der Waals surface area contributed by atoms with Crippen molar-refractivity contribution in [3.63, 3.8) is 0 Å². The summed E-state index contributed by atoms with van der Waals surface area (Å²) in [6, 6.07) is 3.72. The quantitative estimate of drug-likeness (QED) is 0.659. The van der Waals surface area contributed by atoms with Gasteiger partial charge in [-0.05, 0) is 18.9 Å². The molecule has 0 bridgehead atoms. The van der Waals surface area contributed by atoms with Crippen molar-refractivity contribution in [2.24, 2.45) is 0 Å². The Hall–Kier alpha value is -1.66. The number of hydrogen-bond donors (Lipinski definition) is 2. The van der Waals surface area contributed by atoms with Crippen molar-refractivity contribution in [3.8, 4) is 0 Å². The summed E-state index contributed by atoms with van der Waals surface area (Å²) in [5, 5.41) is 22.9. The molecule has 2 N–H and O–H groups in total. The number of rotatable bonds is 4. The molecule has 1 aromatic carbocycles. The molecule has 0 heterocycles. The van der Waals surface area contributed by atoms with Crippen LogP contribution < -0.4 is 5.32 Å². The molecule has 1 saturated carbocycles. The highest BCUT2D eigenvalue weighted by Crippen LogP contribution is 2.30. The van der Waals surface area contributed by atoms with E-state index >= 15 is 0 Å². The fraction of sp³-hybridized carbons (Fsp3) is 0.462. The predicted molar refractivity (Wildman–Crippen MR) is 73.9 cm³/mol. The van der Waals surface area contributed by atoms with Gasteiger partial charge in [-0.15, -0.1) is 0 Å². The first-order valence-electron chi connectivity index (χ1n) is 6.35. The van der Waals surface area contributed by atoms with Crippen molar-refractivity contribution in [2.45, 2.75) is 31.2 Å². The summed E-state index contributed by atoms with van der Waals surface area (Å²) in [7, 11) is 0. The minimum absolute atomic E-state index is 0.0304. The van der Waals surface area contributed by atoms with Crippen LogP contribution in [-0.4, -0.2) is 28.1 Å². The molecule has 0 aromatic heterocycles. The van der Waals surface area contributed by atoms with E-state index in [0.29, 0.717) is 0 Å². The molecular weight excluding hydrogens is 284 g/mol. The summed E-state index contributed by atoms with van der Waals surface area (Å²) >= 11 is 5.91. The Morgan fingerprint density at radius 1 is 1.45 bits per heavy atom. The summed E-state index contributed by atoms with van der Waals surface area (Å²) in [6.45, 7) is -0.122. The average molecular weight is 299 g/mol. The van der Waals surface area contributed by atoms with Gasteiger partial charge in [0.05, 0.1) is 27.7 Å². The van der Waals surface area contributed by atoms with Crippen LogP contribution in [0.5, 0.6) is 0 Å². The number of carbonyl (C=O) groups is 1. The van der Waals surface area contributed by atoms with E-state index in [4.69, 9.17) is 11.6 Å². The lowest BCUT2D eigenvalue weighted by atomic mass is 9.98. The first kappa shape index (κ1) is 14.7. The Bertz CT molecular complexity index is 541. The molecule has 0 atom stereocenters. The van der Waals surface area contributed by atoms with Gasteiger partial charge in [-0.1, -0.05) is 24.4 Å². The van der Waals surface area contributed by atoms with E-state index in [9.17, 15) is 20.0 Å². The summed E-state index contributed by atoms with van der Waals surface area (Å²) in [5.41, 5.74) is -0.580. The SMILES string of the molecule is O=C(NC1(CO)CCCC1)c1ccc([N+](=O)[O-])cc1Cl. The van der Waals surface area contributed by atoms with Crippen LogP contribution >= 0.6 is 11.6 Å². The van der Waals surface area contributed by atoms with Crippen LogP contribution in [0.1, 0.15) is 36.0 Å². The molecule has 108 valence electrons. The zero-order chi connectivity index (χ0) is 14.8. The third kappa shape index (κ3) is 2.91. The lowest BCUT2D eigenvalue weighted by Gasteiger charge is -2.28. The zero-order valence-corrected chi connectivity index (χ0v) is 11.5. The topological polar surface area (TPSA) is 92.5 Å².